The highest BCUT2D eigenvalue weighted by Crippen LogP contribution is 2.23. The van der Waals surface area contributed by atoms with E-state index in [4.69, 9.17) is 17.3 Å². The van der Waals surface area contributed by atoms with Crippen LogP contribution in [0.25, 0.3) is 0 Å². The van der Waals surface area contributed by atoms with E-state index in [0.29, 0.717) is 12.4 Å². The topological polar surface area (TPSA) is 98.0 Å². The summed E-state index contributed by atoms with van der Waals surface area (Å²) in [4.78, 5) is 7.78. The van der Waals surface area contributed by atoms with E-state index in [9.17, 15) is 8.42 Å². The number of hydrogen-bond acceptors (Lipinski definition) is 6. The van der Waals surface area contributed by atoms with E-state index < -0.39 is 9.84 Å². The number of nitrogen functional groups attached to an aromatic ring is 1. The van der Waals surface area contributed by atoms with Crippen molar-refractivity contribution < 1.29 is 8.42 Å². The molecule has 6 nitrogen and oxygen atoms in total. The van der Waals surface area contributed by atoms with Crippen molar-refractivity contribution in [1.29, 1.82) is 0 Å². The maximum atomic E-state index is 11.3. The number of rotatable bonds is 5. The van der Waals surface area contributed by atoms with Crippen molar-refractivity contribution in [2.45, 2.75) is 12.3 Å². The minimum atomic E-state index is -3.05. The van der Waals surface area contributed by atoms with Crippen LogP contribution in [-0.4, -0.2) is 24.6 Å². The second-order valence-electron chi connectivity index (χ2n) is 4.67. The first kappa shape index (κ1) is 15.5. The van der Waals surface area contributed by atoms with E-state index in [1.165, 1.54) is 12.6 Å². The molecular formula is C13H15ClN4O2S. The van der Waals surface area contributed by atoms with Crippen LogP contribution in [0.2, 0.25) is 5.02 Å². The summed E-state index contributed by atoms with van der Waals surface area (Å²) in [5.74, 6) is 0.667. The molecule has 2 aromatic rings. The van der Waals surface area contributed by atoms with E-state index in [0.717, 1.165) is 11.1 Å². The van der Waals surface area contributed by atoms with Crippen LogP contribution in [0, 0.1) is 0 Å². The molecule has 0 atom stereocenters. The summed E-state index contributed by atoms with van der Waals surface area (Å²) in [5.41, 5.74) is 7.25. The van der Waals surface area contributed by atoms with E-state index in [-0.39, 0.29) is 16.6 Å². The molecule has 1 aromatic carbocycles. The third-order valence-electron chi connectivity index (χ3n) is 2.70. The van der Waals surface area contributed by atoms with Crippen LogP contribution < -0.4 is 11.1 Å². The van der Waals surface area contributed by atoms with Crippen molar-refractivity contribution in [2.24, 2.45) is 0 Å². The Balaban J connectivity index is 2.10. The lowest BCUT2D eigenvalue weighted by atomic mass is 10.1. The molecular weight excluding hydrogens is 312 g/mol. The summed E-state index contributed by atoms with van der Waals surface area (Å²) in [6.45, 7) is 0.452. The van der Waals surface area contributed by atoms with Crippen molar-refractivity contribution in [3.63, 3.8) is 0 Å². The predicted octanol–water partition coefficient (Wildman–Crippen LogP) is 1.87. The number of halogens is 1. The summed E-state index contributed by atoms with van der Waals surface area (Å²) in [7, 11) is -3.05. The van der Waals surface area contributed by atoms with Crippen LogP contribution in [0.15, 0.2) is 30.6 Å². The Labute approximate surface area is 128 Å². The highest BCUT2D eigenvalue weighted by atomic mass is 35.5. The van der Waals surface area contributed by atoms with Crippen LogP contribution in [0.3, 0.4) is 0 Å². The van der Waals surface area contributed by atoms with Gasteiger partial charge in [0, 0.05) is 12.8 Å². The molecule has 21 heavy (non-hydrogen) atoms. The Morgan fingerprint density at radius 1 is 1.29 bits per heavy atom. The van der Waals surface area contributed by atoms with Crippen molar-refractivity contribution >= 4 is 33.1 Å². The Bertz CT molecular complexity index is 750. The highest BCUT2D eigenvalue weighted by molar-refractivity contribution is 7.89. The lowest BCUT2D eigenvalue weighted by Crippen LogP contribution is -2.05. The van der Waals surface area contributed by atoms with E-state index >= 15 is 0 Å². The molecule has 0 saturated heterocycles. The molecule has 1 heterocycles. The van der Waals surface area contributed by atoms with Crippen molar-refractivity contribution in [1.82, 2.24) is 9.97 Å². The van der Waals surface area contributed by atoms with Gasteiger partial charge in [-0.3, -0.25) is 0 Å². The number of aromatic nitrogens is 2. The normalized spacial score (nSPS) is 11.3. The monoisotopic (exact) mass is 326 g/mol. The van der Waals surface area contributed by atoms with Crippen LogP contribution in [0.4, 0.5) is 11.6 Å². The van der Waals surface area contributed by atoms with Crippen molar-refractivity contribution in [3.8, 4) is 0 Å². The molecule has 8 heteroatoms. The fourth-order valence-electron chi connectivity index (χ4n) is 1.82. The van der Waals surface area contributed by atoms with Gasteiger partial charge in [0.15, 0.2) is 15.7 Å². The van der Waals surface area contributed by atoms with Crippen molar-refractivity contribution in [2.75, 3.05) is 17.3 Å². The predicted molar refractivity (Wildman–Crippen MR) is 83.8 cm³/mol. The number of hydrogen-bond donors (Lipinski definition) is 2. The zero-order chi connectivity index (χ0) is 15.5. The summed E-state index contributed by atoms with van der Waals surface area (Å²) in [6, 6.07) is 7.30. The second kappa shape index (κ2) is 6.28. The highest BCUT2D eigenvalue weighted by Gasteiger charge is 2.07. The molecule has 2 rings (SSSR count). The maximum Gasteiger partial charge on any atom is 0.151 e. The van der Waals surface area contributed by atoms with Gasteiger partial charge in [-0.2, -0.15) is 0 Å². The third kappa shape index (κ3) is 4.57. The van der Waals surface area contributed by atoms with Crippen molar-refractivity contribution in [3.05, 3.63) is 46.7 Å². The Morgan fingerprint density at radius 2 is 2.00 bits per heavy atom. The number of sulfone groups is 1. The number of nitrogens with two attached hydrogens (primary N) is 1. The van der Waals surface area contributed by atoms with Gasteiger partial charge in [-0.25, -0.2) is 18.4 Å². The lowest BCUT2D eigenvalue weighted by molar-refractivity contribution is 0.601. The lowest BCUT2D eigenvalue weighted by Gasteiger charge is -2.09. The van der Waals surface area contributed by atoms with Gasteiger partial charge < -0.3 is 11.1 Å². The van der Waals surface area contributed by atoms with Gasteiger partial charge in [0.1, 0.15) is 17.2 Å². The molecule has 0 aliphatic heterocycles. The number of nitrogens with one attached hydrogen (secondary N) is 1. The first-order valence-electron chi connectivity index (χ1n) is 6.10. The first-order chi connectivity index (χ1) is 9.85. The van der Waals surface area contributed by atoms with Gasteiger partial charge in [-0.1, -0.05) is 35.9 Å². The molecule has 0 bridgehead atoms. The average Bonchev–Trinajstić information content (AvgIpc) is 2.39. The van der Waals surface area contributed by atoms with Gasteiger partial charge in [0.25, 0.3) is 0 Å². The molecule has 1 aromatic heterocycles. The second-order valence-corrected chi connectivity index (χ2v) is 7.18. The van der Waals surface area contributed by atoms with Crippen LogP contribution in [0.5, 0.6) is 0 Å². The minimum absolute atomic E-state index is 0.0159. The Kier molecular flexibility index (Phi) is 4.64. The number of benzene rings is 1. The quantitative estimate of drug-likeness (QED) is 0.870. The molecule has 0 amide bonds. The molecule has 0 saturated carbocycles. The largest absolute Gasteiger partial charge is 0.382 e. The third-order valence-corrected chi connectivity index (χ3v) is 3.93. The minimum Gasteiger partial charge on any atom is -0.382 e. The van der Waals surface area contributed by atoms with Crippen LogP contribution in [-0.2, 0) is 22.1 Å². The smallest absolute Gasteiger partial charge is 0.151 e. The molecule has 0 spiro atoms. The van der Waals surface area contributed by atoms with E-state index in [2.05, 4.69) is 15.3 Å². The fraction of sp³-hybridized carbons (Fsp3) is 0.231. The Morgan fingerprint density at radius 3 is 2.71 bits per heavy atom. The van der Waals surface area contributed by atoms with Crippen LogP contribution >= 0.6 is 11.6 Å². The van der Waals surface area contributed by atoms with E-state index in [1.54, 1.807) is 6.07 Å². The van der Waals surface area contributed by atoms with Gasteiger partial charge in [0.05, 0.1) is 5.75 Å². The summed E-state index contributed by atoms with van der Waals surface area (Å²) < 4.78 is 22.6. The van der Waals surface area contributed by atoms with Gasteiger partial charge in [-0.15, -0.1) is 0 Å². The average molecular weight is 327 g/mol. The summed E-state index contributed by atoms with van der Waals surface area (Å²) >= 11 is 5.99. The maximum absolute atomic E-state index is 11.3. The molecule has 0 aliphatic carbocycles. The molecule has 0 radical (unpaired) electrons. The molecule has 0 aliphatic rings. The standard InChI is InChI=1S/C13H15ClN4O2S/c1-21(19,20)7-10-4-2-3-9(5-10)6-16-13-11(14)12(15)17-8-18-13/h2-5,8H,6-7H2,1H3,(H3,15,16,17,18). The SMILES string of the molecule is CS(=O)(=O)Cc1cccc(CNc2ncnc(N)c2Cl)c1. The molecule has 0 unspecified atom stereocenters. The molecule has 3 N–H and O–H groups in total. The summed E-state index contributed by atoms with van der Waals surface area (Å²) in [5, 5.41) is 3.32. The number of nitrogens with zero attached hydrogens (tertiary/aromatic N) is 2. The van der Waals surface area contributed by atoms with Gasteiger partial charge >= 0.3 is 0 Å². The van der Waals surface area contributed by atoms with E-state index in [1.807, 2.05) is 18.2 Å². The zero-order valence-corrected chi connectivity index (χ0v) is 12.9. The molecule has 112 valence electrons. The number of anilines is 2. The molecule has 0 fully saturated rings. The Hall–Kier alpha value is -1.86. The zero-order valence-electron chi connectivity index (χ0n) is 11.4. The van der Waals surface area contributed by atoms with Crippen LogP contribution in [0.1, 0.15) is 11.1 Å². The fourth-order valence-corrected chi connectivity index (χ4v) is 2.77. The van der Waals surface area contributed by atoms with Gasteiger partial charge in [0.2, 0.25) is 0 Å². The summed E-state index contributed by atoms with van der Waals surface area (Å²) in [6.07, 6.45) is 2.53. The first-order valence-corrected chi connectivity index (χ1v) is 8.54. The van der Waals surface area contributed by atoms with Gasteiger partial charge in [-0.05, 0) is 11.1 Å².